The molecule has 2 N–H and O–H groups in total. The second-order valence-electron chi connectivity index (χ2n) is 4.31. The Balaban J connectivity index is 2.81. The molecule has 0 bridgehead atoms. The summed E-state index contributed by atoms with van der Waals surface area (Å²) in [5.41, 5.74) is 9.77. The van der Waals surface area contributed by atoms with Gasteiger partial charge in [-0.25, -0.2) is 0 Å². The molecule has 0 aliphatic rings. The Morgan fingerprint density at radius 1 is 1.28 bits per heavy atom. The number of esters is 1. The topological polar surface area (TPSA) is 61.5 Å². The molecule has 100 valence electrons. The quantitative estimate of drug-likeness (QED) is 0.809. The highest BCUT2D eigenvalue weighted by molar-refractivity contribution is 5.71. The zero-order valence-corrected chi connectivity index (χ0v) is 11.5. The standard InChI is InChI=1S/C14H21NO3/c1-9-7-12(5-6-18-13(16)8-15)10(2)11(3)14(9)17-4/h7H,5-6,8,15H2,1-4H3. The maximum Gasteiger partial charge on any atom is 0.319 e. The van der Waals surface area contributed by atoms with Gasteiger partial charge in [0.1, 0.15) is 5.75 Å². The lowest BCUT2D eigenvalue weighted by atomic mass is 9.97. The highest BCUT2D eigenvalue weighted by Crippen LogP contribution is 2.28. The van der Waals surface area contributed by atoms with Crippen LogP contribution in [0.3, 0.4) is 0 Å². The van der Waals surface area contributed by atoms with Gasteiger partial charge in [0.05, 0.1) is 20.3 Å². The number of carbonyl (C=O) groups is 1. The van der Waals surface area contributed by atoms with E-state index in [1.54, 1.807) is 7.11 Å². The summed E-state index contributed by atoms with van der Waals surface area (Å²) in [4.78, 5) is 11.0. The van der Waals surface area contributed by atoms with E-state index in [0.717, 1.165) is 16.9 Å². The van der Waals surface area contributed by atoms with E-state index < -0.39 is 0 Å². The largest absolute Gasteiger partial charge is 0.496 e. The van der Waals surface area contributed by atoms with E-state index in [9.17, 15) is 4.79 Å². The molecule has 0 amide bonds. The fourth-order valence-corrected chi connectivity index (χ4v) is 2.05. The maximum absolute atomic E-state index is 11.0. The molecule has 0 aliphatic carbocycles. The summed E-state index contributed by atoms with van der Waals surface area (Å²) in [7, 11) is 1.68. The Labute approximate surface area is 108 Å². The van der Waals surface area contributed by atoms with Gasteiger partial charge in [-0.3, -0.25) is 4.79 Å². The SMILES string of the molecule is COc1c(C)cc(CCOC(=O)CN)c(C)c1C. The van der Waals surface area contributed by atoms with Crippen molar-refractivity contribution in [2.45, 2.75) is 27.2 Å². The highest BCUT2D eigenvalue weighted by atomic mass is 16.5. The second-order valence-corrected chi connectivity index (χ2v) is 4.31. The first-order valence-corrected chi connectivity index (χ1v) is 6.00. The van der Waals surface area contributed by atoms with Crippen molar-refractivity contribution in [2.24, 2.45) is 5.73 Å². The molecule has 1 rings (SSSR count). The number of hydrogen-bond acceptors (Lipinski definition) is 4. The average Bonchev–Trinajstić information content (AvgIpc) is 2.35. The van der Waals surface area contributed by atoms with Crippen LogP contribution >= 0.6 is 0 Å². The second kappa shape index (κ2) is 6.40. The molecule has 1 aromatic rings. The van der Waals surface area contributed by atoms with Gasteiger partial charge in [0.2, 0.25) is 0 Å². The Bertz CT molecular complexity index is 441. The van der Waals surface area contributed by atoms with Gasteiger partial charge in [0.25, 0.3) is 0 Å². The number of methoxy groups -OCH3 is 1. The van der Waals surface area contributed by atoms with Crippen LogP contribution in [-0.4, -0.2) is 26.2 Å². The minimum atomic E-state index is -0.366. The minimum absolute atomic E-state index is 0.0698. The molecule has 0 atom stereocenters. The van der Waals surface area contributed by atoms with Crippen molar-refractivity contribution in [3.05, 3.63) is 28.3 Å². The molecule has 0 spiro atoms. The lowest BCUT2D eigenvalue weighted by molar-refractivity contribution is -0.141. The number of ether oxygens (including phenoxy) is 2. The summed E-state index contributed by atoms with van der Waals surface area (Å²) in [5, 5.41) is 0. The monoisotopic (exact) mass is 251 g/mol. The summed E-state index contributed by atoms with van der Waals surface area (Å²) in [6.45, 7) is 6.40. The summed E-state index contributed by atoms with van der Waals surface area (Å²) < 4.78 is 10.4. The first kappa shape index (κ1) is 14.5. The molecule has 18 heavy (non-hydrogen) atoms. The van der Waals surface area contributed by atoms with Crippen LogP contribution in [0.2, 0.25) is 0 Å². The van der Waals surface area contributed by atoms with Crippen molar-refractivity contribution < 1.29 is 14.3 Å². The zero-order valence-electron chi connectivity index (χ0n) is 11.5. The fourth-order valence-electron chi connectivity index (χ4n) is 2.05. The molecule has 1 aromatic carbocycles. The molecule has 4 heteroatoms. The van der Waals surface area contributed by atoms with Gasteiger partial charge in [-0.15, -0.1) is 0 Å². The first-order chi connectivity index (χ1) is 8.51. The van der Waals surface area contributed by atoms with E-state index in [1.165, 1.54) is 11.1 Å². The third-order valence-electron chi connectivity index (χ3n) is 3.14. The van der Waals surface area contributed by atoms with Crippen molar-refractivity contribution in [1.29, 1.82) is 0 Å². The number of benzene rings is 1. The van der Waals surface area contributed by atoms with Crippen LogP contribution in [-0.2, 0) is 16.0 Å². The molecule has 0 fully saturated rings. The molecule has 0 aromatic heterocycles. The van der Waals surface area contributed by atoms with E-state index in [1.807, 2.05) is 13.8 Å². The van der Waals surface area contributed by atoms with Gasteiger partial charge in [-0.1, -0.05) is 6.07 Å². The van der Waals surface area contributed by atoms with Gasteiger partial charge in [-0.05, 0) is 43.0 Å². The lowest BCUT2D eigenvalue weighted by Gasteiger charge is -2.15. The third-order valence-corrected chi connectivity index (χ3v) is 3.14. The highest BCUT2D eigenvalue weighted by Gasteiger charge is 2.10. The van der Waals surface area contributed by atoms with E-state index in [2.05, 4.69) is 13.0 Å². The number of aryl methyl sites for hydroxylation is 1. The van der Waals surface area contributed by atoms with Crippen molar-refractivity contribution in [1.82, 2.24) is 0 Å². The fraction of sp³-hybridized carbons (Fsp3) is 0.500. The first-order valence-electron chi connectivity index (χ1n) is 6.00. The van der Waals surface area contributed by atoms with E-state index in [4.69, 9.17) is 15.2 Å². The van der Waals surface area contributed by atoms with Crippen LogP contribution in [0.5, 0.6) is 5.75 Å². The van der Waals surface area contributed by atoms with Crippen LogP contribution in [0.1, 0.15) is 22.3 Å². The predicted molar refractivity (Wildman–Crippen MR) is 70.9 cm³/mol. The normalized spacial score (nSPS) is 10.3. The summed E-state index contributed by atoms with van der Waals surface area (Å²) >= 11 is 0. The van der Waals surface area contributed by atoms with Crippen LogP contribution in [0.25, 0.3) is 0 Å². The molecule has 0 saturated heterocycles. The molecule has 0 saturated carbocycles. The number of carbonyl (C=O) groups excluding carboxylic acids is 1. The molecular formula is C14H21NO3. The van der Waals surface area contributed by atoms with Crippen molar-refractivity contribution in [2.75, 3.05) is 20.3 Å². The number of nitrogens with two attached hydrogens (primary N) is 1. The van der Waals surface area contributed by atoms with Crippen molar-refractivity contribution in [3.63, 3.8) is 0 Å². The molecule has 4 nitrogen and oxygen atoms in total. The molecular weight excluding hydrogens is 230 g/mol. The summed E-state index contributed by atoms with van der Waals surface area (Å²) in [5.74, 6) is 0.560. The van der Waals surface area contributed by atoms with Crippen LogP contribution in [0, 0.1) is 20.8 Å². The Hall–Kier alpha value is -1.55. The van der Waals surface area contributed by atoms with E-state index >= 15 is 0 Å². The predicted octanol–water partition coefficient (Wildman–Crippen LogP) is 1.66. The number of rotatable bonds is 5. The van der Waals surface area contributed by atoms with Gasteiger partial charge >= 0.3 is 5.97 Å². The van der Waals surface area contributed by atoms with Gasteiger partial charge in [0, 0.05) is 6.42 Å². The van der Waals surface area contributed by atoms with Crippen LogP contribution < -0.4 is 10.5 Å². The molecule has 0 radical (unpaired) electrons. The van der Waals surface area contributed by atoms with Gasteiger partial charge < -0.3 is 15.2 Å². The van der Waals surface area contributed by atoms with Crippen molar-refractivity contribution >= 4 is 5.97 Å². The Kier molecular flexibility index (Phi) is 5.16. The van der Waals surface area contributed by atoms with Crippen molar-refractivity contribution in [3.8, 4) is 5.75 Å². The Morgan fingerprint density at radius 3 is 2.50 bits per heavy atom. The molecule has 0 heterocycles. The summed E-state index contributed by atoms with van der Waals surface area (Å²) in [6.07, 6.45) is 0.698. The van der Waals surface area contributed by atoms with E-state index in [0.29, 0.717) is 13.0 Å². The molecule has 0 aliphatic heterocycles. The maximum atomic E-state index is 11.0. The van der Waals surface area contributed by atoms with E-state index in [-0.39, 0.29) is 12.5 Å². The lowest BCUT2D eigenvalue weighted by Crippen LogP contribution is -2.18. The zero-order chi connectivity index (χ0) is 13.7. The average molecular weight is 251 g/mol. The Morgan fingerprint density at radius 2 is 1.94 bits per heavy atom. The van der Waals surface area contributed by atoms with Crippen LogP contribution in [0.15, 0.2) is 6.07 Å². The number of hydrogen-bond donors (Lipinski definition) is 1. The third kappa shape index (κ3) is 3.23. The molecule has 0 unspecified atom stereocenters. The smallest absolute Gasteiger partial charge is 0.319 e. The van der Waals surface area contributed by atoms with Gasteiger partial charge in [-0.2, -0.15) is 0 Å². The van der Waals surface area contributed by atoms with Gasteiger partial charge in [0.15, 0.2) is 0 Å². The minimum Gasteiger partial charge on any atom is -0.496 e. The summed E-state index contributed by atoms with van der Waals surface area (Å²) in [6, 6.07) is 2.08. The van der Waals surface area contributed by atoms with Crippen LogP contribution in [0.4, 0.5) is 0 Å².